The van der Waals surface area contributed by atoms with Gasteiger partial charge in [0.2, 0.25) is 0 Å². The maximum absolute atomic E-state index is 8.95. The summed E-state index contributed by atoms with van der Waals surface area (Å²) in [5.41, 5.74) is 1.04. The van der Waals surface area contributed by atoms with Gasteiger partial charge in [0, 0.05) is 23.1 Å². The van der Waals surface area contributed by atoms with E-state index in [-0.39, 0.29) is 5.92 Å². The van der Waals surface area contributed by atoms with Crippen molar-refractivity contribution in [1.82, 2.24) is 4.90 Å². The molecule has 1 aromatic carbocycles. The van der Waals surface area contributed by atoms with Gasteiger partial charge in [-0.15, -0.1) is 0 Å². The lowest BCUT2D eigenvalue weighted by molar-refractivity contribution is 0.192. The number of hydrogen-bond donors (Lipinski definition) is 0. The first kappa shape index (κ1) is 12.7. The minimum atomic E-state index is 0.154. The highest BCUT2D eigenvalue weighted by atomic mass is 35.5. The van der Waals surface area contributed by atoms with Crippen molar-refractivity contribution in [1.29, 1.82) is 5.26 Å². The Hall–Kier alpha value is -0.750. The first-order valence-electron chi connectivity index (χ1n) is 5.75. The fraction of sp³-hybridized carbons (Fsp3) is 0.462. The maximum atomic E-state index is 8.95. The van der Waals surface area contributed by atoms with Crippen LogP contribution < -0.4 is 0 Å². The molecular weight excluding hydrogens is 255 g/mol. The topological polar surface area (TPSA) is 27.0 Å². The van der Waals surface area contributed by atoms with E-state index in [0.717, 1.165) is 43.1 Å². The zero-order valence-corrected chi connectivity index (χ0v) is 11.0. The van der Waals surface area contributed by atoms with E-state index in [1.165, 1.54) is 0 Å². The van der Waals surface area contributed by atoms with Crippen LogP contribution in [0.4, 0.5) is 0 Å². The maximum Gasteiger partial charge on any atom is 0.0669 e. The number of hydrogen-bond acceptors (Lipinski definition) is 2. The molecule has 4 heteroatoms. The fourth-order valence-electron chi connectivity index (χ4n) is 2.21. The second-order valence-electron chi connectivity index (χ2n) is 4.44. The number of rotatable bonds is 2. The second-order valence-corrected chi connectivity index (χ2v) is 5.28. The predicted molar refractivity (Wildman–Crippen MR) is 70.1 cm³/mol. The highest BCUT2D eigenvalue weighted by Gasteiger charge is 2.20. The molecule has 1 aliphatic heterocycles. The van der Waals surface area contributed by atoms with Crippen LogP contribution in [0, 0.1) is 17.2 Å². The van der Waals surface area contributed by atoms with E-state index >= 15 is 0 Å². The average molecular weight is 269 g/mol. The molecule has 0 N–H and O–H groups in total. The van der Waals surface area contributed by atoms with Crippen molar-refractivity contribution in [3.8, 4) is 6.07 Å². The number of piperidine rings is 1. The van der Waals surface area contributed by atoms with Crippen molar-refractivity contribution >= 4 is 23.2 Å². The van der Waals surface area contributed by atoms with Crippen LogP contribution in [0.2, 0.25) is 10.0 Å². The van der Waals surface area contributed by atoms with Crippen LogP contribution in [-0.2, 0) is 6.54 Å². The monoisotopic (exact) mass is 268 g/mol. The highest BCUT2D eigenvalue weighted by molar-refractivity contribution is 6.33. The van der Waals surface area contributed by atoms with Crippen LogP contribution in [0.5, 0.6) is 0 Å². The Morgan fingerprint density at radius 1 is 1.41 bits per heavy atom. The third kappa shape index (κ3) is 3.35. The van der Waals surface area contributed by atoms with Crippen molar-refractivity contribution in [2.75, 3.05) is 13.1 Å². The zero-order chi connectivity index (χ0) is 12.3. The van der Waals surface area contributed by atoms with Gasteiger partial charge in [-0.3, -0.25) is 4.90 Å². The molecule has 17 heavy (non-hydrogen) atoms. The molecule has 1 atom stereocenters. The lowest BCUT2D eigenvalue weighted by Crippen LogP contribution is -2.34. The molecule has 1 aliphatic rings. The van der Waals surface area contributed by atoms with Gasteiger partial charge in [-0.2, -0.15) is 5.26 Å². The Balaban J connectivity index is 2.05. The van der Waals surface area contributed by atoms with E-state index in [4.69, 9.17) is 28.5 Å². The summed E-state index contributed by atoms with van der Waals surface area (Å²) in [7, 11) is 0. The van der Waals surface area contributed by atoms with E-state index in [0.29, 0.717) is 5.02 Å². The minimum absolute atomic E-state index is 0.154. The Labute approximate surface area is 112 Å². The summed E-state index contributed by atoms with van der Waals surface area (Å²) < 4.78 is 0. The van der Waals surface area contributed by atoms with Gasteiger partial charge in [0.25, 0.3) is 0 Å². The summed E-state index contributed by atoms with van der Waals surface area (Å²) in [4.78, 5) is 2.27. The standard InChI is InChI=1S/C13H14Cl2N2/c14-12-3-4-13(15)11(6-12)9-17-5-1-2-10(7-16)8-17/h3-4,6,10H,1-2,5,8-9H2. The Morgan fingerprint density at radius 3 is 3.00 bits per heavy atom. The number of nitriles is 1. The molecule has 2 rings (SSSR count). The van der Waals surface area contributed by atoms with Gasteiger partial charge in [-0.05, 0) is 43.1 Å². The van der Waals surface area contributed by atoms with Gasteiger partial charge in [0.05, 0.1) is 12.0 Å². The molecule has 0 aliphatic carbocycles. The number of benzene rings is 1. The normalized spacial score (nSPS) is 21.1. The van der Waals surface area contributed by atoms with E-state index in [1.54, 1.807) is 6.07 Å². The van der Waals surface area contributed by atoms with Crippen molar-refractivity contribution < 1.29 is 0 Å². The summed E-state index contributed by atoms with van der Waals surface area (Å²) in [6, 6.07) is 7.87. The first-order chi connectivity index (χ1) is 8.19. The van der Waals surface area contributed by atoms with Crippen molar-refractivity contribution in [2.24, 2.45) is 5.92 Å². The smallest absolute Gasteiger partial charge is 0.0669 e. The third-order valence-corrected chi connectivity index (χ3v) is 3.69. The Morgan fingerprint density at radius 2 is 2.24 bits per heavy atom. The summed E-state index contributed by atoms with van der Waals surface area (Å²) in [5.74, 6) is 0.154. The average Bonchev–Trinajstić information content (AvgIpc) is 2.34. The first-order valence-corrected chi connectivity index (χ1v) is 6.50. The molecule has 1 saturated heterocycles. The van der Waals surface area contributed by atoms with Crippen LogP contribution in [0.15, 0.2) is 18.2 Å². The van der Waals surface area contributed by atoms with Gasteiger partial charge < -0.3 is 0 Å². The van der Waals surface area contributed by atoms with Crippen LogP contribution >= 0.6 is 23.2 Å². The molecule has 1 unspecified atom stereocenters. The van der Waals surface area contributed by atoms with Crippen LogP contribution in [-0.4, -0.2) is 18.0 Å². The summed E-state index contributed by atoms with van der Waals surface area (Å²) in [6.07, 6.45) is 2.09. The van der Waals surface area contributed by atoms with Crippen molar-refractivity contribution in [3.63, 3.8) is 0 Å². The predicted octanol–water partition coefficient (Wildman–Crippen LogP) is 3.73. The lowest BCUT2D eigenvalue weighted by Gasteiger charge is -2.29. The lowest BCUT2D eigenvalue weighted by atomic mass is 9.99. The zero-order valence-electron chi connectivity index (χ0n) is 9.50. The summed E-state index contributed by atoms with van der Waals surface area (Å²) in [5, 5.41) is 10.4. The van der Waals surface area contributed by atoms with Crippen LogP contribution in [0.1, 0.15) is 18.4 Å². The molecular formula is C13H14Cl2N2. The van der Waals surface area contributed by atoms with Crippen molar-refractivity contribution in [3.05, 3.63) is 33.8 Å². The molecule has 1 aromatic rings. The molecule has 90 valence electrons. The molecule has 0 aromatic heterocycles. The van der Waals surface area contributed by atoms with Gasteiger partial charge >= 0.3 is 0 Å². The molecule has 0 saturated carbocycles. The van der Waals surface area contributed by atoms with E-state index < -0.39 is 0 Å². The SMILES string of the molecule is N#CC1CCCN(Cc2cc(Cl)ccc2Cl)C1. The number of halogens is 2. The second kappa shape index (κ2) is 5.73. The van der Waals surface area contributed by atoms with E-state index in [2.05, 4.69) is 11.0 Å². The summed E-state index contributed by atoms with van der Waals surface area (Å²) in [6.45, 7) is 2.64. The third-order valence-electron chi connectivity index (χ3n) is 3.09. The number of nitrogens with zero attached hydrogens (tertiary/aromatic N) is 2. The summed E-state index contributed by atoms with van der Waals surface area (Å²) >= 11 is 12.1. The van der Waals surface area contributed by atoms with Gasteiger partial charge in [-0.25, -0.2) is 0 Å². The van der Waals surface area contributed by atoms with Gasteiger partial charge in [-0.1, -0.05) is 23.2 Å². The highest BCUT2D eigenvalue weighted by Crippen LogP contribution is 2.24. The Kier molecular flexibility index (Phi) is 4.28. The van der Waals surface area contributed by atoms with Gasteiger partial charge in [0.1, 0.15) is 0 Å². The van der Waals surface area contributed by atoms with Crippen LogP contribution in [0.25, 0.3) is 0 Å². The molecule has 1 fully saturated rings. The van der Waals surface area contributed by atoms with E-state index in [9.17, 15) is 0 Å². The van der Waals surface area contributed by atoms with Gasteiger partial charge in [0.15, 0.2) is 0 Å². The Bertz CT molecular complexity index is 440. The fourth-order valence-corrected chi connectivity index (χ4v) is 2.58. The minimum Gasteiger partial charge on any atom is -0.298 e. The molecule has 0 bridgehead atoms. The van der Waals surface area contributed by atoms with Crippen molar-refractivity contribution in [2.45, 2.75) is 19.4 Å². The molecule has 0 amide bonds. The molecule has 0 spiro atoms. The largest absolute Gasteiger partial charge is 0.298 e. The molecule has 1 heterocycles. The van der Waals surface area contributed by atoms with E-state index in [1.807, 2.05) is 12.1 Å². The molecule has 0 radical (unpaired) electrons. The quantitative estimate of drug-likeness (QED) is 0.818. The number of likely N-dealkylation sites (tertiary alicyclic amines) is 1. The van der Waals surface area contributed by atoms with Crippen LogP contribution in [0.3, 0.4) is 0 Å². The molecule has 2 nitrogen and oxygen atoms in total.